The molecule has 0 spiro atoms. The Morgan fingerprint density at radius 1 is 1.09 bits per heavy atom. The van der Waals surface area contributed by atoms with Crippen molar-refractivity contribution in [3.05, 3.63) is 12.7 Å². The van der Waals surface area contributed by atoms with E-state index in [1.165, 1.54) is 0 Å². The van der Waals surface area contributed by atoms with E-state index in [4.69, 9.17) is 9.47 Å². The highest BCUT2D eigenvalue weighted by molar-refractivity contribution is 5.81. The molecule has 7 heteroatoms. The van der Waals surface area contributed by atoms with E-state index in [1.54, 1.807) is 0 Å². The number of nitrogens with one attached hydrogen (secondary N) is 1. The maximum absolute atomic E-state index is 11.7. The Bertz CT molecular complexity index is 380. The highest BCUT2D eigenvalue weighted by Gasteiger charge is 2.21. The van der Waals surface area contributed by atoms with Crippen molar-refractivity contribution in [2.45, 2.75) is 27.2 Å². The number of carbonyl (C=O) groups is 3. The lowest BCUT2D eigenvalue weighted by atomic mass is 9.94. The van der Waals surface area contributed by atoms with Crippen LogP contribution in [-0.4, -0.2) is 44.4 Å². The van der Waals surface area contributed by atoms with Crippen molar-refractivity contribution in [3.8, 4) is 0 Å². The smallest absolute Gasteiger partial charge is 0.407 e. The number of ether oxygens (including phenoxy) is 3. The lowest BCUT2D eigenvalue weighted by Gasteiger charge is -2.17. The molecule has 0 saturated heterocycles. The van der Waals surface area contributed by atoms with Gasteiger partial charge in [0.1, 0.15) is 19.8 Å². The number of rotatable bonds is 10. The predicted octanol–water partition coefficient (Wildman–Crippen LogP) is 1.67. The fraction of sp³-hybridized carbons (Fsp3) is 0.667. The zero-order valence-electron chi connectivity index (χ0n) is 13.4. The number of carbonyl (C=O) groups excluding carboxylic acids is 3. The molecule has 0 aromatic heterocycles. The molecule has 0 bridgehead atoms. The molecule has 22 heavy (non-hydrogen) atoms. The largest absolute Gasteiger partial charge is 0.462 e. The van der Waals surface area contributed by atoms with E-state index in [0.29, 0.717) is 6.42 Å². The van der Waals surface area contributed by atoms with Gasteiger partial charge in [-0.25, -0.2) is 9.59 Å². The van der Waals surface area contributed by atoms with Crippen molar-refractivity contribution in [2.24, 2.45) is 11.8 Å². The number of amides is 1. The van der Waals surface area contributed by atoms with Gasteiger partial charge in [-0.05, 0) is 12.3 Å². The summed E-state index contributed by atoms with van der Waals surface area (Å²) in [6.45, 7) is 9.22. The molecule has 0 aliphatic carbocycles. The zero-order valence-corrected chi connectivity index (χ0v) is 13.4. The summed E-state index contributed by atoms with van der Waals surface area (Å²) < 4.78 is 14.5. The second-order valence-electron chi connectivity index (χ2n) is 4.86. The second-order valence-corrected chi connectivity index (χ2v) is 4.86. The van der Waals surface area contributed by atoms with Gasteiger partial charge in [-0.3, -0.25) is 4.79 Å². The molecule has 126 valence electrons. The summed E-state index contributed by atoms with van der Waals surface area (Å²) in [5.74, 6) is -0.774. The molecule has 0 fully saturated rings. The van der Waals surface area contributed by atoms with Gasteiger partial charge in [0, 0.05) is 6.08 Å². The third-order valence-electron chi connectivity index (χ3n) is 2.89. The molecule has 0 aliphatic rings. The summed E-state index contributed by atoms with van der Waals surface area (Å²) in [4.78, 5) is 33.7. The molecule has 1 amide bonds. The summed E-state index contributed by atoms with van der Waals surface area (Å²) in [5, 5.41) is 2.39. The molecular formula is C15H25NO6. The second kappa shape index (κ2) is 11.6. The standard InChI is InChI=1S/C15H25NO6/c1-5-12(11(3)4)14(18)21-9-10-22-15(19)16-7-8-20-13(17)6-2/h6,11-12H,2,5,7-10H2,1,3-4H3,(H,16,19). The topological polar surface area (TPSA) is 90.9 Å². The van der Waals surface area contributed by atoms with Gasteiger partial charge in [-0.2, -0.15) is 0 Å². The van der Waals surface area contributed by atoms with Crippen molar-refractivity contribution < 1.29 is 28.6 Å². The predicted molar refractivity (Wildman–Crippen MR) is 80.1 cm³/mol. The van der Waals surface area contributed by atoms with Gasteiger partial charge in [-0.15, -0.1) is 0 Å². The minimum atomic E-state index is -0.665. The summed E-state index contributed by atoms with van der Waals surface area (Å²) in [7, 11) is 0. The van der Waals surface area contributed by atoms with Gasteiger partial charge >= 0.3 is 18.0 Å². The number of esters is 2. The minimum Gasteiger partial charge on any atom is -0.462 e. The van der Waals surface area contributed by atoms with E-state index in [9.17, 15) is 14.4 Å². The molecule has 1 atom stereocenters. The molecule has 1 N–H and O–H groups in total. The van der Waals surface area contributed by atoms with Crippen LogP contribution < -0.4 is 5.32 Å². The van der Waals surface area contributed by atoms with Crippen LogP contribution in [0.5, 0.6) is 0 Å². The zero-order chi connectivity index (χ0) is 17.0. The molecule has 0 aromatic carbocycles. The fourth-order valence-corrected chi connectivity index (χ4v) is 1.71. The van der Waals surface area contributed by atoms with Crippen LogP contribution in [0.2, 0.25) is 0 Å². The monoisotopic (exact) mass is 315 g/mol. The van der Waals surface area contributed by atoms with E-state index in [1.807, 2.05) is 20.8 Å². The molecular weight excluding hydrogens is 290 g/mol. The van der Waals surface area contributed by atoms with Gasteiger partial charge in [0.15, 0.2) is 0 Å². The fourth-order valence-electron chi connectivity index (χ4n) is 1.71. The third-order valence-corrected chi connectivity index (χ3v) is 2.89. The van der Waals surface area contributed by atoms with Crippen LogP contribution in [0.4, 0.5) is 4.79 Å². The molecule has 0 aliphatic heterocycles. The highest BCUT2D eigenvalue weighted by Crippen LogP contribution is 2.16. The van der Waals surface area contributed by atoms with Crippen molar-refractivity contribution >= 4 is 18.0 Å². The molecule has 0 rings (SSSR count). The SMILES string of the molecule is C=CC(=O)OCCNC(=O)OCCOC(=O)C(CC)C(C)C. The van der Waals surface area contributed by atoms with E-state index < -0.39 is 12.1 Å². The van der Waals surface area contributed by atoms with Gasteiger partial charge in [0.2, 0.25) is 0 Å². The van der Waals surface area contributed by atoms with Crippen LogP contribution in [0.3, 0.4) is 0 Å². The molecule has 0 radical (unpaired) electrons. The Balaban J connectivity index is 3.70. The summed E-state index contributed by atoms with van der Waals surface area (Å²) in [6, 6.07) is 0. The van der Waals surface area contributed by atoms with Crippen molar-refractivity contribution in [2.75, 3.05) is 26.4 Å². The van der Waals surface area contributed by atoms with E-state index in [0.717, 1.165) is 6.08 Å². The first-order valence-electron chi connectivity index (χ1n) is 7.28. The Kier molecular flexibility index (Phi) is 10.5. The molecule has 0 heterocycles. The van der Waals surface area contributed by atoms with Gasteiger partial charge < -0.3 is 19.5 Å². The first-order valence-corrected chi connectivity index (χ1v) is 7.28. The van der Waals surface area contributed by atoms with E-state index in [-0.39, 0.29) is 44.2 Å². The van der Waals surface area contributed by atoms with Crippen LogP contribution in [0.1, 0.15) is 27.2 Å². The van der Waals surface area contributed by atoms with Crippen molar-refractivity contribution in [3.63, 3.8) is 0 Å². The molecule has 7 nitrogen and oxygen atoms in total. The number of hydrogen-bond acceptors (Lipinski definition) is 6. The Morgan fingerprint density at radius 2 is 1.73 bits per heavy atom. The average Bonchev–Trinajstić information content (AvgIpc) is 2.48. The quantitative estimate of drug-likeness (QED) is 0.285. The van der Waals surface area contributed by atoms with Gasteiger partial charge in [0.25, 0.3) is 0 Å². The first-order chi connectivity index (χ1) is 10.4. The normalized spacial score (nSPS) is 11.5. The Hall–Kier alpha value is -2.05. The van der Waals surface area contributed by atoms with Crippen LogP contribution in [0.15, 0.2) is 12.7 Å². The van der Waals surface area contributed by atoms with Gasteiger partial charge in [-0.1, -0.05) is 27.4 Å². The number of hydrogen-bond donors (Lipinski definition) is 1. The Labute approximate surface area is 131 Å². The summed E-state index contributed by atoms with van der Waals surface area (Å²) >= 11 is 0. The molecule has 0 saturated carbocycles. The lowest BCUT2D eigenvalue weighted by Crippen LogP contribution is -2.30. The molecule has 1 unspecified atom stereocenters. The summed E-state index contributed by atoms with van der Waals surface area (Å²) in [5.41, 5.74) is 0. The van der Waals surface area contributed by atoms with Crippen molar-refractivity contribution in [1.29, 1.82) is 0 Å². The third kappa shape index (κ3) is 8.99. The average molecular weight is 315 g/mol. The summed E-state index contributed by atoms with van der Waals surface area (Å²) in [6.07, 6.45) is 1.08. The minimum absolute atomic E-state index is 0.0148. The lowest BCUT2D eigenvalue weighted by molar-refractivity contribution is -0.151. The van der Waals surface area contributed by atoms with Crippen LogP contribution in [0, 0.1) is 11.8 Å². The van der Waals surface area contributed by atoms with Gasteiger partial charge in [0.05, 0.1) is 12.5 Å². The van der Waals surface area contributed by atoms with Crippen LogP contribution in [0.25, 0.3) is 0 Å². The molecule has 0 aromatic rings. The highest BCUT2D eigenvalue weighted by atomic mass is 16.6. The van der Waals surface area contributed by atoms with Crippen molar-refractivity contribution in [1.82, 2.24) is 5.32 Å². The maximum atomic E-state index is 11.7. The van der Waals surface area contributed by atoms with Crippen LogP contribution in [-0.2, 0) is 23.8 Å². The van der Waals surface area contributed by atoms with Crippen LogP contribution >= 0.6 is 0 Å². The van der Waals surface area contributed by atoms with E-state index >= 15 is 0 Å². The van der Waals surface area contributed by atoms with E-state index in [2.05, 4.69) is 16.6 Å². The maximum Gasteiger partial charge on any atom is 0.407 e. The first kappa shape index (κ1) is 19.9. The Morgan fingerprint density at radius 3 is 2.27 bits per heavy atom. The number of alkyl carbamates (subject to hydrolysis) is 1.